The molecule has 2 N–H and O–H groups in total. The second kappa shape index (κ2) is 6.25. The molecule has 2 heteroatoms. The largest absolute Gasteiger partial charge is 0.496 e. The molecule has 1 atom stereocenters. The number of allylic oxidation sites excluding steroid dienone is 1. The maximum absolute atomic E-state index is 6.01. The van der Waals surface area contributed by atoms with Crippen molar-refractivity contribution in [2.24, 2.45) is 5.73 Å². The van der Waals surface area contributed by atoms with Crippen LogP contribution in [0.3, 0.4) is 0 Å². The highest BCUT2D eigenvalue weighted by molar-refractivity contribution is 5.33. The van der Waals surface area contributed by atoms with Gasteiger partial charge in [0.1, 0.15) is 5.75 Å². The number of hydrogen-bond acceptors (Lipinski definition) is 2. The van der Waals surface area contributed by atoms with Gasteiger partial charge in [-0.3, -0.25) is 0 Å². The minimum atomic E-state index is 0.180. The van der Waals surface area contributed by atoms with Crippen molar-refractivity contribution in [2.45, 2.75) is 25.3 Å². The standard InChI is InChI=1S/C13H19NO/c1-3-4-8-12(14)10-11-7-5-6-9-13(11)15-2/h3,5-7,9,12H,1,4,8,10,14H2,2H3. The first-order valence-corrected chi connectivity index (χ1v) is 5.26. The lowest BCUT2D eigenvalue weighted by Crippen LogP contribution is -2.22. The molecule has 0 fully saturated rings. The van der Waals surface area contributed by atoms with Crippen LogP contribution >= 0.6 is 0 Å². The molecule has 15 heavy (non-hydrogen) atoms. The molecule has 0 radical (unpaired) electrons. The Balaban J connectivity index is 2.58. The number of hydrogen-bond donors (Lipinski definition) is 1. The van der Waals surface area contributed by atoms with Crippen molar-refractivity contribution in [3.8, 4) is 5.75 Å². The SMILES string of the molecule is C=CCCC(N)Cc1ccccc1OC. The molecule has 1 aromatic carbocycles. The van der Waals surface area contributed by atoms with Gasteiger partial charge in [0.25, 0.3) is 0 Å². The van der Waals surface area contributed by atoms with Crippen molar-refractivity contribution >= 4 is 0 Å². The van der Waals surface area contributed by atoms with Crippen LogP contribution in [-0.4, -0.2) is 13.2 Å². The Morgan fingerprint density at radius 1 is 1.47 bits per heavy atom. The quantitative estimate of drug-likeness (QED) is 0.724. The van der Waals surface area contributed by atoms with E-state index in [1.54, 1.807) is 7.11 Å². The highest BCUT2D eigenvalue weighted by atomic mass is 16.5. The summed E-state index contributed by atoms with van der Waals surface area (Å²) in [5, 5.41) is 0. The van der Waals surface area contributed by atoms with Gasteiger partial charge in [0.05, 0.1) is 7.11 Å². The predicted molar refractivity (Wildman–Crippen MR) is 64.1 cm³/mol. The first kappa shape index (κ1) is 11.8. The Bertz CT molecular complexity index is 309. The molecular formula is C13H19NO. The van der Waals surface area contributed by atoms with E-state index < -0.39 is 0 Å². The maximum Gasteiger partial charge on any atom is 0.122 e. The molecule has 0 bridgehead atoms. The molecule has 0 saturated carbocycles. The number of benzene rings is 1. The van der Waals surface area contributed by atoms with E-state index in [-0.39, 0.29) is 6.04 Å². The second-order valence-corrected chi connectivity index (χ2v) is 3.64. The van der Waals surface area contributed by atoms with Crippen LogP contribution in [0.1, 0.15) is 18.4 Å². The van der Waals surface area contributed by atoms with Crippen molar-refractivity contribution in [3.05, 3.63) is 42.5 Å². The average molecular weight is 205 g/mol. The molecule has 1 rings (SSSR count). The highest BCUT2D eigenvalue weighted by Gasteiger charge is 2.07. The number of methoxy groups -OCH3 is 1. The van der Waals surface area contributed by atoms with Crippen molar-refractivity contribution in [2.75, 3.05) is 7.11 Å². The van der Waals surface area contributed by atoms with Gasteiger partial charge in [-0.15, -0.1) is 6.58 Å². The monoisotopic (exact) mass is 205 g/mol. The van der Waals surface area contributed by atoms with E-state index in [1.165, 1.54) is 5.56 Å². The van der Waals surface area contributed by atoms with Crippen LogP contribution in [0.4, 0.5) is 0 Å². The van der Waals surface area contributed by atoms with Crippen LogP contribution in [0, 0.1) is 0 Å². The molecule has 0 aliphatic heterocycles. The van der Waals surface area contributed by atoms with Gasteiger partial charge in [-0.1, -0.05) is 24.3 Å². The molecule has 0 aliphatic carbocycles. The summed E-state index contributed by atoms with van der Waals surface area (Å²) in [5.41, 5.74) is 7.19. The van der Waals surface area contributed by atoms with Gasteiger partial charge in [-0.25, -0.2) is 0 Å². The van der Waals surface area contributed by atoms with E-state index in [4.69, 9.17) is 10.5 Å². The Labute approximate surface area is 91.7 Å². The van der Waals surface area contributed by atoms with E-state index in [1.807, 2.05) is 24.3 Å². The fourth-order valence-corrected chi connectivity index (χ4v) is 1.59. The topological polar surface area (TPSA) is 35.2 Å². The summed E-state index contributed by atoms with van der Waals surface area (Å²) in [7, 11) is 1.69. The van der Waals surface area contributed by atoms with E-state index in [2.05, 4.69) is 12.6 Å². The molecule has 2 nitrogen and oxygen atoms in total. The molecule has 82 valence electrons. The zero-order valence-corrected chi connectivity index (χ0v) is 9.28. The first-order chi connectivity index (χ1) is 7.27. The highest BCUT2D eigenvalue weighted by Crippen LogP contribution is 2.19. The summed E-state index contributed by atoms with van der Waals surface area (Å²) >= 11 is 0. The zero-order valence-electron chi connectivity index (χ0n) is 9.28. The lowest BCUT2D eigenvalue weighted by molar-refractivity contribution is 0.407. The summed E-state index contributed by atoms with van der Waals surface area (Å²) in [6, 6.07) is 8.19. The third kappa shape index (κ3) is 3.76. The summed E-state index contributed by atoms with van der Waals surface area (Å²) in [5.74, 6) is 0.923. The minimum Gasteiger partial charge on any atom is -0.496 e. The molecule has 0 heterocycles. The number of ether oxygens (including phenoxy) is 1. The number of para-hydroxylation sites is 1. The molecule has 1 unspecified atom stereocenters. The van der Waals surface area contributed by atoms with Crippen LogP contribution in [-0.2, 0) is 6.42 Å². The Morgan fingerprint density at radius 3 is 2.87 bits per heavy atom. The van der Waals surface area contributed by atoms with E-state index in [0.717, 1.165) is 25.0 Å². The molecule has 0 spiro atoms. The maximum atomic E-state index is 6.01. The van der Waals surface area contributed by atoms with Gasteiger partial charge in [-0.2, -0.15) is 0 Å². The van der Waals surface area contributed by atoms with Gasteiger partial charge in [0.2, 0.25) is 0 Å². The Morgan fingerprint density at radius 2 is 2.20 bits per heavy atom. The lowest BCUT2D eigenvalue weighted by Gasteiger charge is -2.13. The molecule has 0 aliphatic rings. The Hall–Kier alpha value is -1.28. The second-order valence-electron chi connectivity index (χ2n) is 3.64. The molecule has 0 aromatic heterocycles. The van der Waals surface area contributed by atoms with Crippen LogP contribution in [0.5, 0.6) is 5.75 Å². The summed E-state index contributed by atoms with van der Waals surface area (Å²) < 4.78 is 5.27. The van der Waals surface area contributed by atoms with Crippen LogP contribution in [0.25, 0.3) is 0 Å². The van der Waals surface area contributed by atoms with Gasteiger partial charge in [0, 0.05) is 6.04 Å². The van der Waals surface area contributed by atoms with Crippen molar-refractivity contribution in [1.82, 2.24) is 0 Å². The van der Waals surface area contributed by atoms with Gasteiger partial charge >= 0.3 is 0 Å². The Kier molecular flexibility index (Phi) is 4.91. The summed E-state index contributed by atoms with van der Waals surface area (Å²) in [6.45, 7) is 3.69. The lowest BCUT2D eigenvalue weighted by atomic mass is 10.0. The fraction of sp³-hybridized carbons (Fsp3) is 0.385. The number of rotatable bonds is 6. The summed E-state index contributed by atoms with van der Waals surface area (Å²) in [6.07, 6.45) is 4.71. The fourth-order valence-electron chi connectivity index (χ4n) is 1.59. The smallest absolute Gasteiger partial charge is 0.122 e. The minimum absolute atomic E-state index is 0.180. The molecular weight excluding hydrogens is 186 g/mol. The first-order valence-electron chi connectivity index (χ1n) is 5.26. The summed E-state index contributed by atoms with van der Waals surface area (Å²) in [4.78, 5) is 0. The predicted octanol–water partition coefficient (Wildman–Crippen LogP) is 2.53. The van der Waals surface area contributed by atoms with Gasteiger partial charge in [-0.05, 0) is 30.9 Å². The van der Waals surface area contributed by atoms with Gasteiger partial charge < -0.3 is 10.5 Å². The van der Waals surface area contributed by atoms with E-state index in [9.17, 15) is 0 Å². The van der Waals surface area contributed by atoms with Gasteiger partial charge in [0.15, 0.2) is 0 Å². The average Bonchev–Trinajstić information content (AvgIpc) is 2.27. The van der Waals surface area contributed by atoms with Crippen LogP contribution in [0.15, 0.2) is 36.9 Å². The van der Waals surface area contributed by atoms with Crippen molar-refractivity contribution < 1.29 is 4.74 Å². The third-order valence-electron chi connectivity index (χ3n) is 2.42. The van der Waals surface area contributed by atoms with E-state index in [0.29, 0.717) is 0 Å². The number of nitrogens with two attached hydrogens (primary N) is 1. The third-order valence-corrected chi connectivity index (χ3v) is 2.42. The zero-order chi connectivity index (χ0) is 11.1. The van der Waals surface area contributed by atoms with Crippen molar-refractivity contribution in [1.29, 1.82) is 0 Å². The normalized spacial score (nSPS) is 12.1. The van der Waals surface area contributed by atoms with Crippen molar-refractivity contribution in [3.63, 3.8) is 0 Å². The van der Waals surface area contributed by atoms with Crippen LogP contribution < -0.4 is 10.5 Å². The molecule has 0 amide bonds. The van der Waals surface area contributed by atoms with Crippen LogP contribution in [0.2, 0.25) is 0 Å². The molecule has 0 saturated heterocycles. The molecule has 1 aromatic rings. The van der Waals surface area contributed by atoms with E-state index >= 15 is 0 Å².